The number of carbonyl (C=O) groups is 1. The minimum Gasteiger partial charge on any atom is -0.444 e. The van der Waals surface area contributed by atoms with E-state index in [2.05, 4.69) is 0 Å². The smallest absolute Gasteiger partial charge is 0.410 e. The third kappa shape index (κ3) is 4.19. The van der Waals surface area contributed by atoms with E-state index in [4.69, 9.17) is 9.47 Å². The van der Waals surface area contributed by atoms with Crippen LogP contribution in [-0.2, 0) is 9.47 Å². The Bertz CT molecular complexity index is 281. The fraction of sp³-hybridized carbons (Fsp3) is 0.923. The van der Waals surface area contributed by atoms with Gasteiger partial charge in [0.05, 0.1) is 12.7 Å². The number of rotatable bonds is 2. The molecule has 2 heterocycles. The largest absolute Gasteiger partial charge is 0.444 e. The molecule has 2 rings (SSSR count). The van der Waals surface area contributed by atoms with Crippen LogP contribution in [0.15, 0.2) is 0 Å². The maximum absolute atomic E-state index is 11.9. The molecule has 0 aromatic carbocycles. The fourth-order valence-corrected chi connectivity index (χ4v) is 2.33. The van der Waals surface area contributed by atoms with Crippen molar-refractivity contribution in [1.82, 2.24) is 4.90 Å². The lowest BCUT2D eigenvalue weighted by Gasteiger charge is -2.34. The second kappa shape index (κ2) is 4.84. The summed E-state index contributed by atoms with van der Waals surface area (Å²) >= 11 is 0. The third-order valence-corrected chi connectivity index (χ3v) is 3.17. The standard InChI is InChI=1S/C13H23NO3/c1-13(2,3)17-12(15)14-6-4-5-10(8-14)7-11-9-16-11/h10-11H,4-9H2,1-3H3. The van der Waals surface area contributed by atoms with Crippen LogP contribution in [0.2, 0.25) is 0 Å². The van der Waals surface area contributed by atoms with Gasteiger partial charge in [-0.3, -0.25) is 0 Å². The number of hydrogen-bond donors (Lipinski definition) is 0. The Balaban J connectivity index is 1.81. The first-order chi connectivity index (χ1) is 7.94. The molecule has 0 aromatic heterocycles. The van der Waals surface area contributed by atoms with Crippen LogP contribution in [0.4, 0.5) is 4.79 Å². The molecule has 4 nitrogen and oxygen atoms in total. The van der Waals surface area contributed by atoms with Crippen molar-refractivity contribution < 1.29 is 14.3 Å². The van der Waals surface area contributed by atoms with E-state index < -0.39 is 5.60 Å². The molecule has 2 unspecified atom stereocenters. The molecule has 2 aliphatic heterocycles. The molecule has 4 heteroatoms. The zero-order valence-corrected chi connectivity index (χ0v) is 11.1. The van der Waals surface area contributed by atoms with Crippen molar-refractivity contribution in [2.45, 2.75) is 51.7 Å². The number of carbonyl (C=O) groups excluding carboxylic acids is 1. The zero-order valence-electron chi connectivity index (χ0n) is 11.1. The van der Waals surface area contributed by atoms with E-state index in [9.17, 15) is 4.79 Å². The molecule has 2 fully saturated rings. The minimum atomic E-state index is -0.399. The molecule has 2 saturated heterocycles. The first-order valence-electron chi connectivity index (χ1n) is 6.53. The Hall–Kier alpha value is -0.770. The average Bonchev–Trinajstić information content (AvgIpc) is 2.99. The molecule has 1 amide bonds. The maximum atomic E-state index is 11.9. The molecule has 0 saturated carbocycles. The lowest BCUT2D eigenvalue weighted by Crippen LogP contribution is -2.43. The summed E-state index contributed by atoms with van der Waals surface area (Å²) in [5, 5.41) is 0. The summed E-state index contributed by atoms with van der Waals surface area (Å²) in [4.78, 5) is 13.8. The lowest BCUT2D eigenvalue weighted by atomic mass is 9.94. The number of ether oxygens (including phenoxy) is 2. The molecule has 0 aromatic rings. The Morgan fingerprint density at radius 2 is 2.18 bits per heavy atom. The first-order valence-corrected chi connectivity index (χ1v) is 6.53. The molecular weight excluding hydrogens is 218 g/mol. The van der Waals surface area contributed by atoms with Gasteiger partial charge in [0.1, 0.15) is 5.60 Å². The fourth-order valence-electron chi connectivity index (χ4n) is 2.33. The highest BCUT2D eigenvalue weighted by molar-refractivity contribution is 5.68. The number of likely N-dealkylation sites (tertiary alicyclic amines) is 1. The van der Waals surface area contributed by atoms with Crippen molar-refractivity contribution in [3.8, 4) is 0 Å². The van der Waals surface area contributed by atoms with Crippen LogP contribution >= 0.6 is 0 Å². The Morgan fingerprint density at radius 3 is 2.76 bits per heavy atom. The van der Waals surface area contributed by atoms with E-state index in [-0.39, 0.29) is 6.09 Å². The number of piperidine rings is 1. The third-order valence-electron chi connectivity index (χ3n) is 3.17. The van der Waals surface area contributed by atoms with Crippen LogP contribution in [0.3, 0.4) is 0 Å². The SMILES string of the molecule is CC(C)(C)OC(=O)N1CCCC(CC2CO2)C1. The van der Waals surface area contributed by atoms with Gasteiger partial charge in [-0.05, 0) is 46.0 Å². The van der Waals surface area contributed by atoms with E-state index in [1.807, 2.05) is 25.7 Å². The van der Waals surface area contributed by atoms with Gasteiger partial charge in [-0.2, -0.15) is 0 Å². The Kier molecular flexibility index (Phi) is 3.61. The number of hydrogen-bond acceptors (Lipinski definition) is 3. The van der Waals surface area contributed by atoms with E-state index >= 15 is 0 Å². The summed E-state index contributed by atoms with van der Waals surface area (Å²) in [7, 11) is 0. The van der Waals surface area contributed by atoms with E-state index in [1.54, 1.807) is 0 Å². The van der Waals surface area contributed by atoms with Crippen molar-refractivity contribution in [2.75, 3.05) is 19.7 Å². The molecule has 0 radical (unpaired) electrons. The van der Waals surface area contributed by atoms with Gasteiger partial charge in [-0.25, -0.2) is 4.79 Å². The van der Waals surface area contributed by atoms with Gasteiger partial charge < -0.3 is 14.4 Å². The molecule has 17 heavy (non-hydrogen) atoms. The highest BCUT2D eigenvalue weighted by atomic mass is 16.6. The summed E-state index contributed by atoms with van der Waals surface area (Å²) in [6, 6.07) is 0. The molecular formula is C13H23NO3. The molecule has 0 aliphatic carbocycles. The summed E-state index contributed by atoms with van der Waals surface area (Å²) in [5.41, 5.74) is -0.399. The van der Waals surface area contributed by atoms with Gasteiger partial charge in [0.2, 0.25) is 0 Å². The van der Waals surface area contributed by atoms with Crippen molar-refractivity contribution >= 4 is 6.09 Å². The van der Waals surface area contributed by atoms with Crippen molar-refractivity contribution in [1.29, 1.82) is 0 Å². The lowest BCUT2D eigenvalue weighted by molar-refractivity contribution is 0.0157. The van der Waals surface area contributed by atoms with Crippen LogP contribution in [0.1, 0.15) is 40.0 Å². The maximum Gasteiger partial charge on any atom is 0.410 e. The summed E-state index contributed by atoms with van der Waals surface area (Å²) < 4.78 is 10.7. The van der Waals surface area contributed by atoms with Crippen molar-refractivity contribution in [2.24, 2.45) is 5.92 Å². The second-order valence-corrected chi connectivity index (χ2v) is 6.13. The quantitative estimate of drug-likeness (QED) is 0.697. The van der Waals surface area contributed by atoms with Gasteiger partial charge in [0.25, 0.3) is 0 Å². The molecule has 0 N–H and O–H groups in total. The molecule has 98 valence electrons. The molecule has 0 bridgehead atoms. The molecule has 0 spiro atoms. The number of epoxide rings is 1. The van der Waals surface area contributed by atoms with Crippen molar-refractivity contribution in [3.63, 3.8) is 0 Å². The number of amides is 1. The predicted octanol–water partition coefficient (Wildman–Crippen LogP) is 2.42. The Morgan fingerprint density at radius 1 is 1.47 bits per heavy atom. The summed E-state index contributed by atoms with van der Waals surface area (Å²) in [6.45, 7) is 8.29. The van der Waals surface area contributed by atoms with Gasteiger partial charge in [0.15, 0.2) is 0 Å². The van der Waals surface area contributed by atoms with Gasteiger partial charge >= 0.3 is 6.09 Å². The normalized spacial score (nSPS) is 29.0. The van der Waals surface area contributed by atoms with E-state index in [1.165, 1.54) is 6.42 Å². The zero-order chi connectivity index (χ0) is 12.5. The van der Waals surface area contributed by atoms with Crippen LogP contribution in [0, 0.1) is 5.92 Å². The topological polar surface area (TPSA) is 42.1 Å². The van der Waals surface area contributed by atoms with Crippen LogP contribution in [0.25, 0.3) is 0 Å². The highest BCUT2D eigenvalue weighted by Gasteiger charge is 2.32. The summed E-state index contributed by atoms with van der Waals surface area (Å²) in [5.74, 6) is 0.587. The van der Waals surface area contributed by atoms with Crippen LogP contribution in [0.5, 0.6) is 0 Å². The highest BCUT2D eigenvalue weighted by Crippen LogP contribution is 2.27. The van der Waals surface area contributed by atoms with Crippen molar-refractivity contribution in [3.05, 3.63) is 0 Å². The van der Waals surface area contributed by atoms with E-state index in [0.29, 0.717) is 12.0 Å². The first kappa shape index (κ1) is 12.7. The van der Waals surface area contributed by atoms with Gasteiger partial charge in [-0.1, -0.05) is 0 Å². The second-order valence-electron chi connectivity index (χ2n) is 6.13. The molecule has 2 atom stereocenters. The monoisotopic (exact) mass is 241 g/mol. The van der Waals surface area contributed by atoms with E-state index in [0.717, 1.165) is 32.5 Å². The summed E-state index contributed by atoms with van der Waals surface area (Å²) in [6.07, 6.45) is 3.67. The predicted molar refractivity (Wildman–Crippen MR) is 64.9 cm³/mol. The number of nitrogens with zero attached hydrogens (tertiary/aromatic N) is 1. The van der Waals surface area contributed by atoms with Crippen LogP contribution in [-0.4, -0.2) is 42.4 Å². The average molecular weight is 241 g/mol. The van der Waals surface area contributed by atoms with Crippen LogP contribution < -0.4 is 0 Å². The molecule has 2 aliphatic rings. The van der Waals surface area contributed by atoms with Gasteiger partial charge in [0, 0.05) is 13.1 Å². The van der Waals surface area contributed by atoms with Gasteiger partial charge in [-0.15, -0.1) is 0 Å². The Labute approximate surface area is 103 Å². The minimum absolute atomic E-state index is 0.168.